The van der Waals surface area contributed by atoms with E-state index in [-0.39, 0.29) is 11.6 Å². The van der Waals surface area contributed by atoms with E-state index in [2.05, 4.69) is 24.5 Å². The number of carbonyl (C=O) groups is 2. The first-order valence-corrected chi connectivity index (χ1v) is 12.2. The second kappa shape index (κ2) is 13.1. The van der Waals surface area contributed by atoms with Crippen LogP contribution in [-0.4, -0.2) is 58.2 Å². The van der Waals surface area contributed by atoms with E-state index in [4.69, 9.17) is 14.2 Å². The lowest BCUT2D eigenvalue weighted by molar-refractivity contribution is 0.0980. The fourth-order valence-corrected chi connectivity index (χ4v) is 3.96. The van der Waals surface area contributed by atoms with Crippen LogP contribution in [0.1, 0.15) is 71.4 Å². The number of fused-ring (bicyclic) bond motifs is 2. The number of nitrogens with one attached hydrogen (secondary N) is 2. The number of rotatable bonds is 15. The van der Waals surface area contributed by atoms with Gasteiger partial charge in [-0.3, -0.25) is 9.59 Å². The van der Waals surface area contributed by atoms with E-state index in [0.29, 0.717) is 65.7 Å². The van der Waals surface area contributed by atoms with Gasteiger partial charge in [-0.2, -0.15) is 0 Å². The number of anilines is 2. The molecule has 0 bridgehead atoms. The molecule has 0 atom stereocenters. The van der Waals surface area contributed by atoms with Gasteiger partial charge in [0.25, 0.3) is 0 Å². The van der Waals surface area contributed by atoms with Gasteiger partial charge >= 0.3 is 0 Å². The van der Waals surface area contributed by atoms with Crippen molar-refractivity contribution in [1.82, 2.24) is 0 Å². The summed E-state index contributed by atoms with van der Waals surface area (Å²) in [5.41, 5.74) is 2.93. The molecule has 1 aliphatic carbocycles. The fourth-order valence-electron chi connectivity index (χ4n) is 3.96. The molecule has 0 radical (unpaired) electrons. The number of ketones is 2. The van der Waals surface area contributed by atoms with Crippen LogP contribution in [-0.2, 0) is 9.47 Å². The molecule has 184 valence electrons. The summed E-state index contributed by atoms with van der Waals surface area (Å²) in [4.78, 5) is 27.1. The first kappa shape index (κ1) is 25.7. The molecule has 2 N–H and O–H groups in total. The molecule has 34 heavy (non-hydrogen) atoms. The van der Waals surface area contributed by atoms with Gasteiger partial charge in [-0.05, 0) is 56.0 Å². The van der Waals surface area contributed by atoms with Crippen LogP contribution in [0, 0.1) is 0 Å². The Morgan fingerprint density at radius 2 is 1.24 bits per heavy atom. The number of benzene rings is 2. The average molecular weight is 469 g/mol. The van der Waals surface area contributed by atoms with Crippen molar-refractivity contribution in [2.75, 3.05) is 57.3 Å². The summed E-state index contributed by atoms with van der Waals surface area (Å²) in [6.07, 6.45) is 3.59. The highest BCUT2D eigenvalue weighted by molar-refractivity contribution is 6.32. The lowest BCUT2D eigenvalue weighted by atomic mass is 9.82. The fraction of sp³-hybridized carbons (Fsp3) is 0.481. The lowest BCUT2D eigenvalue weighted by Crippen LogP contribution is -2.25. The molecular formula is C27H36N2O5. The Kier molecular flexibility index (Phi) is 9.91. The third-order valence-corrected chi connectivity index (χ3v) is 5.63. The minimum Gasteiger partial charge on any atom is -0.497 e. The van der Waals surface area contributed by atoms with Crippen LogP contribution in [0.5, 0.6) is 5.75 Å². The van der Waals surface area contributed by atoms with E-state index < -0.39 is 0 Å². The molecule has 7 nitrogen and oxygen atoms in total. The van der Waals surface area contributed by atoms with Crippen LogP contribution < -0.4 is 15.4 Å². The third-order valence-electron chi connectivity index (χ3n) is 5.63. The van der Waals surface area contributed by atoms with Crippen LogP contribution in [0.3, 0.4) is 0 Å². The molecule has 0 saturated carbocycles. The van der Waals surface area contributed by atoms with Crippen LogP contribution in [0.4, 0.5) is 11.4 Å². The Bertz CT molecular complexity index is 989. The van der Waals surface area contributed by atoms with Gasteiger partial charge in [-0.15, -0.1) is 0 Å². The maximum atomic E-state index is 13.6. The summed E-state index contributed by atoms with van der Waals surface area (Å²) >= 11 is 0. The van der Waals surface area contributed by atoms with E-state index >= 15 is 0 Å². The van der Waals surface area contributed by atoms with Crippen LogP contribution >= 0.6 is 0 Å². The molecule has 0 unspecified atom stereocenters. The van der Waals surface area contributed by atoms with Gasteiger partial charge in [0.1, 0.15) is 5.75 Å². The van der Waals surface area contributed by atoms with Crippen molar-refractivity contribution in [1.29, 1.82) is 0 Å². The highest BCUT2D eigenvalue weighted by atomic mass is 16.5. The predicted octanol–water partition coefficient (Wildman–Crippen LogP) is 4.93. The normalized spacial score (nSPS) is 12.3. The molecule has 2 aromatic rings. The minimum atomic E-state index is -0.178. The molecule has 0 heterocycles. The average Bonchev–Trinajstić information content (AvgIpc) is 2.86. The Morgan fingerprint density at radius 1 is 0.706 bits per heavy atom. The number of ether oxygens (including phenoxy) is 3. The smallest absolute Gasteiger partial charge is 0.196 e. The van der Waals surface area contributed by atoms with Gasteiger partial charge < -0.3 is 24.8 Å². The maximum absolute atomic E-state index is 13.6. The zero-order valence-electron chi connectivity index (χ0n) is 20.5. The van der Waals surface area contributed by atoms with Gasteiger partial charge in [0.2, 0.25) is 0 Å². The zero-order chi connectivity index (χ0) is 24.3. The number of hydrogen-bond donors (Lipinski definition) is 2. The Labute approximate surface area is 202 Å². The summed E-state index contributed by atoms with van der Waals surface area (Å²) in [5.74, 6) is 0.211. The molecule has 0 aromatic heterocycles. The van der Waals surface area contributed by atoms with E-state index in [1.165, 1.54) is 0 Å². The number of hydrogen-bond acceptors (Lipinski definition) is 7. The van der Waals surface area contributed by atoms with Crippen molar-refractivity contribution in [3.8, 4) is 5.75 Å². The van der Waals surface area contributed by atoms with Gasteiger partial charge in [0.15, 0.2) is 11.6 Å². The number of methoxy groups -OCH3 is 1. The second-order valence-electron chi connectivity index (χ2n) is 8.27. The molecular weight excluding hydrogens is 432 g/mol. The number of carbonyl (C=O) groups excluding carboxylic acids is 2. The highest BCUT2D eigenvalue weighted by Gasteiger charge is 2.34. The monoisotopic (exact) mass is 468 g/mol. The highest BCUT2D eigenvalue weighted by Crippen LogP contribution is 2.37. The van der Waals surface area contributed by atoms with Gasteiger partial charge in [-0.25, -0.2) is 0 Å². The predicted molar refractivity (Wildman–Crippen MR) is 135 cm³/mol. The van der Waals surface area contributed by atoms with Gasteiger partial charge in [-0.1, -0.05) is 13.8 Å². The first-order chi connectivity index (χ1) is 16.6. The Morgan fingerprint density at radius 3 is 1.74 bits per heavy atom. The molecule has 0 spiro atoms. The van der Waals surface area contributed by atoms with Crippen LogP contribution in [0.2, 0.25) is 0 Å². The van der Waals surface area contributed by atoms with E-state index in [1.54, 1.807) is 25.3 Å². The minimum absolute atomic E-state index is 0.160. The summed E-state index contributed by atoms with van der Waals surface area (Å²) in [5, 5.41) is 6.69. The molecule has 7 heteroatoms. The van der Waals surface area contributed by atoms with Crippen molar-refractivity contribution >= 4 is 22.9 Å². The SMILES string of the molecule is CCCOCCCNc1ccc(NCCCOCCC)c2c1C(=O)c1ccc(OC)cc1C2=O. The maximum Gasteiger partial charge on any atom is 0.196 e. The van der Waals surface area contributed by atoms with E-state index in [9.17, 15) is 9.59 Å². The van der Waals surface area contributed by atoms with Crippen LogP contribution in [0.15, 0.2) is 30.3 Å². The van der Waals surface area contributed by atoms with Crippen molar-refractivity contribution in [3.63, 3.8) is 0 Å². The Hall–Kier alpha value is -2.90. The topological polar surface area (TPSA) is 85.9 Å². The summed E-state index contributed by atoms with van der Waals surface area (Å²) < 4.78 is 16.4. The molecule has 0 saturated heterocycles. The zero-order valence-corrected chi connectivity index (χ0v) is 20.5. The van der Waals surface area contributed by atoms with E-state index in [0.717, 1.165) is 38.9 Å². The summed E-state index contributed by atoms with van der Waals surface area (Å²) in [6.45, 7) is 8.23. The molecule has 0 aliphatic heterocycles. The Balaban J connectivity index is 1.85. The largest absolute Gasteiger partial charge is 0.497 e. The quantitative estimate of drug-likeness (QED) is 0.306. The van der Waals surface area contributed by atoms with E-state index in [1.807, 2.05) is 12.1 Å². The van der Waals surface area contributed by atoms with Crippen molar-refractivity contribution in [2.45, 2.75) is 39.5 Å². The van der Waals surface area contributed by atoms with Gasteiger partial charge in [0, 0.05) is 62.0 Å². The molecule has 3 rings (SSSR count). The third kappa shape index (κ3) is 6.15. The second-order valence-corrected chi connectivity index (χ2v) is 8.27. The summed E-state index contributed by atoms with van der Waals surface area (Å²) in [6, 6.07) is 8.78. The van der Waals surface area contributed by atoms with Crippen molar-refractivity contribution in [3.05, 3.63) is 52.6 Å². The van der Waals surface area contributed by atoms with Gasteiger partial charge in [0.05, 0.1) is 18.2 Å². The van der Waals surface area contributed by atoms with Crippen molar-refractivity contribution < 1.29 is 23.8 Å². The molecule has 2 aromatic carbocycles. The molecule has 0 amide bonds. The van der Waals surface area contributed by atoms with Crippen LogP contribution in [0.25, 0.3) is 0 Å². The standard InChI is InChI=1S/C27H36N2O5/c1-4-14-33-16-6-12-28-22-10-11-23(29-13-7-17-34-15-5-2)25-24(22)26(30)20-9-8-19(32-3)18-21(20)27(25)31/h8-11,18,28-29H,4-7,12-17H2,1-3H3. The first-order valence-electron chi connectivity index (χ1n) is 12.2. The molecule has 1 aliphatic rings. The van der Waals surface area contributed by atoms with Crippen molar-refractivity contribution in [2.24, 2.45) is 0 Å². The molecule has 0 fully saturated rings. The lowest BCUT2D eigenvalue weighted by Gasteiger charge is -2.24. The summed E-state index contributed by atoms with van der Waals surface area (Å²) in [7, 11) is 1.55.